The minimum Gasteiger partial charge on any atom is -0.414 e. The van der Waals surface area contributed by atoms with E-state index in [1.165, 1.54) is 0 Å². The van der Waals surface area contributed by atoms with Gasteiger partial charge in [-0.15, -0.1) is 0 Å². The summed E-state index contributed by atoms with van der Waals surface area (Å²) in [4.78, 5) is 23.2. The van der Waals surface area contributed by atoms with Crippen LogP contribution in [0.2, 0.25) is 0 Å². The van der Waals surface area contributed by atoms with E-state index < -0.39 is 5.76 Å². The minimum atomic E-state index is -0.701. The molecule has 10 heavy (non-hydrogen) atoms. The van der Waals surface area contributed by atoms with Gasteiger partial charge in [-0.25, -0.2) is 4.79 Å². The van der Waals surface area contributed by atoms with E-state index in [2.05, 4.69) is 4.42 Å². The lowest BCUT2D eigenvalue weighted by molar-refractivity contribution is 0.446. The third-order valence-corrected chi connectivity index (χ3v) is 1.33. The topological polar surface area (TPSA) is 63.1 Å². The molecule has 0 fully saturated rings. The first kappa shape index (κ1) is 6.80. The second-order valence-electron chi connectivity index (χ2n) is 2.02. The van der Waals surface area contributed by atoms with Crippen molar-refractivity contribution in [3.8, 4) is 0 Å². The zero-order valence-electron chi connectivity index (χ0n) is 5.72. The normalized spacial score (nSPS) is 9.80. The molecule has 0 spiro atoms. The van der Waals surface area contributed by atoms with Gasteiger partial charge >= 0.3 is 5.76 Å². The van der Waals surface area contributed by atoms with E-state index in [4.69, 9.17) is 0 Å². The summed E-state index contributed by atoms with van der Waals surface area (Å²) >= 11 is 0. The quantitative estimate of drug-likeness (QED) is 0.550. The zero-order chi connectivity index (χ0) is 7.72. The second kappa shape index (κ2) is 2.13. The molecule has 0 unspecified atom stereocenters. The van der Waals surface area contributed by atoms with Crippen LogP contribution in [-0.2, 0) is 0 Å². The van der Waals surface area contributed by atoms with Gasteiger partial charge in [-0.05, 0) is 13.8 Å². The summed E-state index contributed by atoms with van der Waals surface area (Å²) in [5.74, 6) is -0.332. The van der Waals surface area contributed by atoms with Crippen LogP contribution in [0.4, 0.5) is 0 Å². The van der Waals surface area contributed by atoms with Crippen molar-refractivity contribution >= 4 is 0 Å². The van der Waals surface area contributed by atoms with Crippen molar-refractivity contribution in [3.05, 3.63) is 32.2 Å². The lowest BCUT2D eigenvalue weighted by Crippen LogP contribution is -2.21. The van der Waals surface area contributed by atoms with E-state index in [9.17, 15) is 9.59 Å². The summed E-state index contributed by atoms with van der Waals surface area (Å²) in [6, 6.07) is 0. The number of rotatable bonds is 0. The van der Waals surface area contributed by atoms with Crippen LogP contribution < -0.4 is 11.3 Å². The highest BCUT2D eigenvalue weighted by molar-refractivity contribution is 5.07. The molecular formula is C6H7NO3. The monoisotopic (exact) mass is 141 g/mol. The number of nitrogens with one attached hydrogen (secondary N) is 1. The molecule has 0 aliphatic heterocycles. The molecule has 4 heteroatoms. The van der Waals surface area contributed by atoms with Crippen molar-refractivity contribution in [3.63, 3.8) is 0 Å². The van der Waals surface area contributed by atoms with Crippen molar-refractivity contribution < 1.29 is 4.42 Å². The van der Waals surface area contributed by atoms with Crippen LogP contribution in [-0.4, -0.2) is 4.98 Å². The van der Waals surface area contributed by atoms with Gasteiger partial charge in [-0.1, -0.05) is 0 Å². The molecule has 4 nitrogen and oxygen atoms in total. The molecule has 1 aromatic heterocycles. The van der Waals surface area contributed by atoms with Gasteiger partial charge in [0.1, 0.15) is 5.76 Å². The third kappa shape index (κ3) is 1.00. The first-order valence-corrected chi connectivity index (χ1v) is 2.82. The molecule has 0 saturated carbocycles. The third-order valence-electron chi connectivity index (χ3n) is 1.33. The summed E-state index contributed by atoms with van der Waals surface area (Å²) in [6.45, 7) is 3.17. The molecule has 0 radical (unpaired) electrons. The van der Waals surface area contributed by atoms with E-state index >= 15 is 0 Å². The molecule has 0 aliphatic rings. The number of aryl methyl sites for hydroxylation is 1. The fourth-order valence-corrected chi connectivity index (χ4v) is 0.587. The van der Waals surface area contributed by atoms with Crippen LogP contribution in [0, 0.1) is 13.8 Å². The lowest BCUT2D eigenvalue weighted by atomic mass is 10.3. The van der Waals surface area contributed by atoms with Crippen molar-refractivity contribution in [2.24, 2.45) is 0 Å². The molecule has 0 aromatic carbocycles. The Bertz CT molecular complexity index is 347. The van der Waals surface area contributed by atoms with Crippen LogP contribution in [0.5, 0.6) is 0 Å². The molecule has 0 aliphatic carbocycles. The maximum absolute atomic E-state index is 10.7. The van der Waals surface area contributed by atoms with Crippen molar-refractivity contribution in [1.82, 2.24) is 4.98 Å². The van der Waals surface area contributed by atoms with Gasteiger partial charge in [-0.3, -0.25) is 9.78 Å². The fourth-order valence-electron chi connectivity index (χ4n) is 0.587. The Morgan fingerprint density at radius 2 is 1.90 bits per heavy atom. The predicted molar refractivity (Wildman–Crippen MR) is 35.1 cm³/mol. The van der Waals surface area contributed by atoms with Gasteiger partial charge in [-0.2, -0.15) is 0 Å². The summed E-state index contributed by atoms with van der Waals surface area (Å²) in [7, 11) is 0. The first-order valence-electron chi connectivity index (χ1n) is 2.82. The maximum atomic E-state index is 10.7. The standard InChI is InChI=1S/C6H7NO3/c1-3-4(2)10-6(9)7-5(3)8/h1-2H3,(H,7,8,9). The van der Waals surface area contributed by atoms with Crippen LogP contribution in [0.1, 0.15) is 11.3 Å². The van der Waals surface area contributed by atoms with Gasteiger partial charge in [0.05, 0.1) is 5.56 Å². The molecule has 0 bridgehead atoms. The summed E-state index contributed by atoms with van der Waals surface area (Å²) in [6.07, 6.45) is 0. The van der Waals surface area contributed by atoms with Gasteiger partial charge < -0.3 is 4.42 Å². The minimum absolute atomic E-state index is 0.369. The smallest absolute Gasteiger partial charge is 0.414 e. The van der Waals surface area contributed by atoms with Crippen LogP contribution in [0.3, 0.4) is 0 Å². The van der Waals surface area contributed by atoms with Crippen LogP contribution in [0.25, 0.3) is 0 Å². The Hall–Kier alpha value is -1.32. The molecule has 1 N–H and O–H groups in total. The second-order valence-corrected chi connectivity index (χ2v) is 2.02. The van der Waals surface area contributed by atoms with Crippen molar-refractivity contribution in [2.45, 2.75) is 13.8 Å². The maximum Gasteiger partial charge on any atom is 0.419 e. The lowest BCUT2D eigenvalue weighted by Gasteiger charge is -1.91. The Morgan fingerprint density at radius 1 is 1.30 bits per heavy atom. The molecule has 0 amide bonds. The highest BCUT2D eigenvalue weighted by Crippen LogP contribution is 1.92. The first-order chi connectivity index (χ1) is 4.61. The van der Waals surface area contributed by atoms with Crippen molar-refractivity contribution in [2.75, 3.05) is 0 Å². The molecule has 1 heterocycles. The highest BCUT2D eigenvalue weighted by atomic mass is 16.4. The van der Waals surface area contributed by atoms with Crippen molar-refractivity contribution in [1.29, 1.82) is 0 Å². The Kier molecular flexibility index (Phi) is 1.45. The van der Waals surface area contributed by atoms with Crippen LogP contribution in [0.15, 0.2) is 14.0 Å². The number of aromatic amines is 1. The molecule has 0 saturated heterocycles. The van der Waals surface area contributed by atoms with Gasteiger partial charge in [0.15, 0.2) is 0 Å². The van der Waals surface area contributed by atoms with E-state index in [0.29, 0.717) is 11.3 Å². The van der Waals surface area contributed by atoms with E-state index in [0.717, 1.165) is 0 Å². The Balaban J connectivity index is 3.62. The largest absolute Gasteiger partial charge is 0.419 e. The Labute approximate surface area is 56.5 Å². The van der Waals surface area contributed by atoms with Gasteiger partial charge in [0, 0.05) is 0 Å². The average molecular weight is 141 g/mol. The molecule has 0 atom stereocenters. The van der Waals surface area contributed by atoms with Crippen LogP contribution >= 0.6 is 0 Å². The number of H-pyrrole nitrogens is 1. The number of aromatic nitrogens is 1. The van der Waals surface area contributed by atoms with E-state index in [1.54, 1.807) is 13.8 Å². The summed E-state index contributed by atoms with van der Waals surface area (Å²) in [5, 5.41) is 0. The Morgan fingerprint density at radius 3 is 2.40 bits per heavy atom. The molecule has 1 rings (SSSR count). The zero-order valence-corrected chi connectivity index (χ0v) is 5.72. The SMILES string of the molecule is Cc1oc(=O)[nH]c(=O)c1C. The molecular weight excluding hydrogens is 134 g/mol. The van der Waals surface area contributed by atoms with E-state index in [1.807, 2.05) is 4.98 Å². The average Bonchev–Trinajstić information content (AvgIpc) is 1.82. The van der Waals surface area contributed by atoms with Gasteiger partial charge in [0.25, 0.3) is 5.56 Å². The number of hydrogen-bond donors (Lipinski definition) is 1. The highest BCUT2D eigenvalue weighted by Gasteiger charge is 1.99. The fraction of sp³-hybridized carbons (Fsp3) is 0.333. The number of hydrogen-bond acceptors (Lipinski definition) is 3. The summed E-state index contributed by atoms with van der Waals surface area (Å²) in [5.41, 5.74) is 0.0633. The molecule has 54 valence electrons. The van der Waals surface area contributed by atoms with E-state index in [-0.39, 0.29) is 5.56 Å². The van der Waals surface area contributed by atoms with Gasteiger partial charge in [0.2, 0.25) is 0 Å². The summed E-state index contributed by atoms with van der Waals surface area (Å²) < 4.78 is 4.58. The molecule has 1 aromatic rings. The predicted octanol–water partition coefficient (Wildman–Crippen LogP) is -0.0551.